The molecular weight excluding hydrogens is 282 g/mol. The van der Waals surface area contributed by atoms with Gasteiger partial charge in [-0.3, -0.25) is 0 Å². The Bertz CT molecular complexity index is 637. The van der Waals surface area contributed by atoms with Gasteiger partial charge in [0.25, 0.3) is 0 Å². The summed E-state index contributed by atoms with van der Waals surface area (Å²) in [5.74, 6) is -0.0214. The largest absolute Gasteiger partial charge is 0.207 e. The zero-order valence-electron chi connectivity index (χ0n) is 10.5. The fourth-order valence-electron chi connectivity index (χ4n) is 2.67. The number of fused-ring (bicyclic) bond motifs is 1. The average molecular weight is 295 g/mol. The van der Waals surface area contributed by atoms with Gasteiger partial charge in [0.05, 0.1) is 5.38 Å². The van der Waals surface area contributed by atoms with E-state index in [0.717, 1.165) is 12.0 Å². The molecule has 2 atom stereocenters. The van der Waals surface area contributed by atoms with Crippen LogP contribution in [0.1, 0.15) is 33.5 Å². The van der Waals surface area contributed by atoms with E-state index >= 15 is 0 Å². The minimum absolute atomic E-state index is 0.207. The van der Waals surface area contributed by atoms with E-state index in [1.807, 2.05) is 12.1 Å². The molecule has 1 aliphatic carbocycles. The van der Waals surface area contributed by atoms with Gasteiger partial charge in [-0.15, -0.1) is 11.6 Å². The maximum atomic E-state index is 13.4. The Balaban J connectivity index is 1.94. The summed E-state index contributed by atoms with van der Waals surface area (Å²) in [7, 11) is 0. The van der Waals surface area contributed by atoms with Crippen molar-refractivity contribution in [2.24, 2.45) is 0 Å². The predicted molar refractivity (Wildman–Crippen MR) is 77.6 cm³/mol. The third-order valence-electron chi connectivity index (χ3n) is 3.82. The molecule has 0 nitrogen and oxygen atoms in total. The molecular formula is C16H13Cl2F. The minimum atomic E-state index is -0.286. The van der Waals surface area contributed by atoms with E-state index in [0.29, 0.717) is 10.6 Å². The van der Waals surface area contributed by atoms with Crippen molar-refractivity contribution in [1.82, 2.24) is 0 Å². The predicted octanol–water partition coefficient (Wildman–Crippen LogP) is 5.41. The third kappa shape index (κ3) is 2.15. The first-order valence-corrected chi connectivity index (χ1v) is 7.07. The van der Waals surface area contributed by atoms with Crippen molar-refractivity contribution in [3.63, 3.8) is 0 Å². The van der Waals surface area contributed by atoms with E-state index in [9.17, 15) is 4.39 Å². The number of halogens is 3. The highest BCUT2D eigenvalue weighted by molar-refractivity contribution is 6.33. The van der Waals surface area contributed by atoms with Crippen LogP contribution in [0.3, 0.4) is 0 Å². The normalized spacial score (nSPS) is 18.6. The lowest BCUT2D eigenvalue weighted by Gasteiger charge is -2.34. The van der Waals surface area contributed by atoms with Crippen molar-refractivity contribution < 1.29 is 4.39 Å². The summed E-state index contributed by atoms with van der Waals surface area (Å²) in [6.07, 6.45) is 0.955. The number of alkyl halides is 1. The van der Waals surface area contributed by atoms with Gasteiger partial charge in [-0.2, -0.15) is 0 Å². The van der Waals surface area contributed by atoms with Crippen LogP contribution in [0.15, 0.2) is 36.4 Å². The second-order valence-corrected chi connectivity index (χ2v) is 5.91. The smallest absolute Gasteiger partial charge is 0.127 e. The zero-order chi connectivity index (χ0) is 13.6. The van der Waals surface area contributed by atoms with Gasteiger partial charge in [0.15, 0.2) is 0 Å². The molecule has 0 heterocycles. The summed E-state index contributed by atoms with van der Waals surface area (Å²) in [5, 5.41) is 0.203. The van der Waals surface area contributed by atoms with Crippen LogP contribution in [0.4, 0.5) is 4.39 Å². The van der Waals surface area contributed by atoms with Crippen LogP contribution in [0.5, 0.6) is 0 Å². The molecule has 1 aliphatic rings. The second-order valence-electron chi connectivity index (χ2n) is 5.03. The van der Waals surface area contributed by atoms with E-state index in [4.69, 9.17) is 23.2 Å². The Kier molecular flexibility index (Phi) is 3.28. The minimum Gasteiger partial charge on any atom is -0.207 e. The molecule has 2 unspecified atom stereocenters. The maximum Gasteiger partial charge on any atom is 0.127 e. The van der Waals surface area contributed by atoms with Crippen LogP contribution in [-0.2, 0) is 6.42 Å². The van der Waals surface area contributed by atoms with Gasteiger partial charge in [0.2, 0.25) is 0 Å². The zero-order valence-corrected chi connectivity index (χ0v) is 12.0. The van der Waals surface area contributed by atoms with E-state index in [1.165, 1.54) is 17.2 Å². The SMILES string of the molecule is Cc1cc(C(Cl)C2Cc3ccccc32)c(Cl)cc1F. The fraction of sp³-hybridized carbons (Fsp3) is 0.250. The molecule has 2 aromatic rings. The van der Waals surface area contributed by atoms with Crippen molar-refractivity contribution in [1.29, 1.82) is 0 Å². The summed E-state index contributed by atoms with van der Waals surface area (Å²) < 4.78 is 13.4. The monoisotopic (exact) mass is 294 g/mol. The highest BCUT2D eigenvalue weighted by atomic mass is 35.5. The topological polar surface area (TPSA) is 0 Å². The Morgan fingerprint density at radius 3 is 2.74 bits per heavy atom. The van der Waals surface area contributed by atoms with Gasteiger partial charge < -0.3 is 0 Å². The summed E-state index contributed by atoms with van der Waals surface area (Å²) in [6.45, 7) is 1.73. The number of hydrogen-bond donors (Lipinski definition) is 0. The van der Waals surface area contributed by atoms with Crippen LogP contribution in [0, 0.1) is 12.7 Å². The molecule has 3 heteroatoms. The van der Waals surface area contributed by atoms with Gasteiger partial charge in [0, 0.05) is 10.9 Å². The van der Waals surface area contributed by atoms with Crippen LogP contribution < -0.4 is 0 Å². The number of rotatable bonds is 2. The van der Waals surface area contributed by atoms with Crippen LogP contribution in [0.25, 0.3) is 0 Å². The molecule has 0 saturated heterocycles. The Morgan fingerprint density at radius 2 is 2.00 bits per heavy atom. The lowest BCUT2D eigenvalue weighted by Crippen LogP contribution is -2.21. The van der Waals surface area contributed by atoms with Crippen LogP contribution in [0.2, 0.25) is 5.02 Å². The highest BCUT2D eigenvalue weighted by Gasteiger charge is 2.33. The van der Waals surface area contributed by atoms with Crippen molar-refractivity contribution in [2.45, 2.75) is 24.6 Å². The van der Waals surface area contributed by atoms with Crippen molar-refractivity contribution >= 4 is 23.2 Å². The lowest BCUT2D eigenvalue weighted by molar-refractivity contribution is 0.582. The second kappa shape index (κ2) is 4.81. The fourth-order valence-corrected chi connectivity index (χ4v) is 3.40. The molecule has 19 heavy (non-hydrogen) atoms. The molecule has 0 bridgehead atoms. The van der Waals surface area contributed by atoms with E-state index < -0.39 is 0 Å². The molecule has 0 spiro atoms. The molecule has 0 radical (unpaired) electrons. The van der Waals surface area contributed by atoms with Gasteiger partial charge in [-0.05, 0) is 41.7 Å². The van der Waals surface area contributed by atoms with Crippen molar-refractivity contribution in [3.8, 4) is 0 Å². The van der Waals surface area contributed by atoms with Crippen LogP contribution in [-0.4, -0.2) is 0 Å². The van der Waals surface area contributed by atoms with E-state index in [-0.39, 0.29) is 17.1 Å². The third-order valence-corrected chi connectivity index (χ3v) is 4.69. The Morgan fingerprint density at radius 1 is 1.26 bits per heavy atom. The molecule has 2 aromatic carbocycles. The first-order chi connectivity index (χ1) is 9.08. The highest BCUT2D eigenvalue weighted by Crippen LogP contribution is 2.48. The van der Waals surface area contributed by atoms with E-state index in [1.54, 1.807) is 13.0 Å². The van der Waals surface area contributed by atoms with Crippen molar-refractivity contribution in [2.75, 3.05) is 0 Å². The maximum absolute atomic E-state index is 13.4. The molecule has 0 aliphatic heterocycles. The summed E-state index contributed by atoms with van der Waals surface area (Å²) >= 11 is 12.7. The van der Waals surface area contributed by atoms with Gasteiger partial charge in [0.1, 0.15) is 5.82 Å². The quantitative estimate of drug-likeness (QED) is 0.650. The molecule has 0 aromatic heterocycles. The van der Waals surface area contributed by atoms with Crippen LogP contribution >= 0.6 is 23.2 Å². The molecule has 0 saturated carbocycles. The molecule has 98 valence electrons. The molecule has 0 N–H and O–H groups in total. The standard InChI is InChI=1S/C16H13Cl2F/c1-9-6-13(14(17)8-15(9)19)16(18)12-7-10-4-2-3-5-11(10)12/h2-6,8,12,16H,7H2,1H3. The Labute approximate surface area is 122 Å². The average Bonchev–Trinajstić information content (AvgIpc) is 2.35. The first kappa shape index (κ1) is 13.0. The van der Waals surface area contributed by atoms with Gasteiger partial charge >= 0.3 is 0 Å². The summed E-state index contributed by atoms with van der Waals surface area (Å²) in [6, 6.07) is 11.4. The Hall–Kier alpha value is -1.05. The van der Waals surface area contributed by atoms with Gasteiger partial charge in [-0.25, -0.2) is 4.39 Å². The number of hydrogen-bond acceptors (Lipinski definition) is 0. The van der Waals surface area contributed by atoms with Crippen molar-refractivity contribution in [3.05, 3.63) is 69.5 Å². The summed E-state index contributed by atoms with van der Waals surface area (Å²) in [5.41, 5.74) is 4.02. The molecule has 0 amide bonds. The van der Waals surface area contributed by atoms with E-state index in [2.05, 4.69) is 12.1 Å². The van der Waals surface area contributed by atoms with Gasteiger partial charge in [-0.1, -0.05) is 41.9 Å². The number of aryl methyl sites for hydroxylation is 1. The molecule has 0 fully saturated rings. The molecule has 3 rings (SSSR count). The number of benzene rings is 2. The summed E-state index contributed by atoms with van der Waals surface area (Å²) in [4.78, 5) is 0. The first-order valence-electron chi connectivity index (χ1n) is 6.25. The lowest BCUT2D eigenvalue weighted by atomic mass is 9.74.